The largest absolute Gasteiger partial charge is 0.239 e. The zero-order chi connectivity index (χ0) is 14.2. The van der Waals surface area contributed by atoms with E-state index < -0.39 is 10.0 Å². The van der Waals surface area contributed by atoms with Crippen LogP contribution in [0.25, 0.3) is 10.2 Å². The second-order valence-corrected chi connectivity index (χ2v) is 8.21. The van der Waals surface area contributed by atoms with Crippen LogP contribution in [0.4, 0.5) is 0 Å². The molecule has 0 bridgehead atoms. The Bertz CT molecular complexity index is 676. The maximum Gasteiger partial charge on any atom is 0.214 e. The van der Waals surface area contributed by atoms with Crippen molar-refractivity contribution >= 4 is 31.6 Å². The van der Waals surface area contributed by atoms with Crippen LogP contribution in [0.15, 0.2) is 24.3 Å². The van der Waals surface area contributed by atoms with Crippen LogP contribution in [0.2, 0.25) is 0 Å². The first-order valence-electron chi connectivity index (χ1n) is 6.97. The minimum atomic E-state index is -3.14. The number of nitrogens with zero attached hydrogens (tertiary/aromatic N) is 2. The number of rotatable bonds is 4. The summed E-state index contributed by atoms with van der Waals surface area (Å²) in [5.41, 5.74) is 0.965. The lowest BCUT2D eigenvalue weighted by atomic mass is 10.2. The van der Waals surface area contributed by atoms with Crippen LogP contribution in [-0.4, -0.2) is 30.0 Å². The number of benzene rings is 1. The molecule has 0 N–H and O–H groups in total. The Morgan fingerprint density at radius 2 is 2.20 bits per heavy atom. The van der Waals surface area contributed by atoms with Gasteiger partial charge in [0.2, 0.25) is 10.0 Å². The average molecular weight is 310 g/mol. The van der Waals surface area contributed by atoms with Gasteiger partial charge < -0.3 is 0 Å². The van der Waals surface area contributed by atoms with Crippen molar-refractivity contribution in [3.63, 3.8) is 0 Å². The van der Waals surface area contributed by atoms with E-state index in [9.17, 15) is 8.42 Å². The van der Waals surface area contributed by atoms with Crippen LogP contribution in [0.5, 0.6) is 0 Å². The third-order valence-corrected chi connectivity index (χ3v) is 6.83. The quantitative estimate of drug-likeness (QED) is 0.871. The van der Waals surface area contributed by atoms with Crippen LogP contribution in [0.3, 0.4) is 0 Å². The summed E-state index contributed by atoms with van der Waals surface area (Å²) in [6, 6.07) is 7.91. The van der Waals surface area contributed by atoms with Crippen LogP contribution < -0.4 is 0 Å². The Kier molecular flexibility index (Phi) is 3.79. The van der Waals surface area contributed by atoms with Crippen molar-refractivity contribution in [2.75, 3.05) is 12.3 Å². The van der Waals surface area contributed by atoms with E-state index in [-0.39, 0.29) is 11.8 Å². The maximum atomic E-state index is 12.3. The smallest absolute Gasteiger partial charge is 0.214 e. The van der Waals surface area contributed by atoms with Crippen LogP contribution in [-0.2, 0) is 10.0 Å². The lowest BCUT2D eigenvalue weighted by Gasteiger charge is -2.22. The molecule has 2 heterocycles. The summed E-state index contributed by atoms with van der Waals surface area (Å²) in [5, 5.41) is 0.934. The van der Waals surface area contributed by atoms with E-state index in [1.807, 2.05) is 31.2 Å². The zero-order valence-electron chi connectivity index (χ0n) is 11.4. The lowest BCUT2D eigenvalue weighted by molar-refractivity contribution is 0.396. The number of fused-ring (bicyclic) bond motifs is 1. The normalized spacial score (nSPS) is 20.8. The molecule has 1 aliphatic heterocycles. The van der Waals surface area contributed by atoms with E-state index in [2.05, 4.69) is 4.98 Å². The molecule has 1 atom stereocenters. The molecule has 108 valence electrons. The Morgan fingerprint density at radius 3 is 2.95 bits per heavy atom. The predicted octanol–water partition coefficient (Wildman–Crippen LogP) is 3.17. The van der Waals surface area contributed by atoms with E-state index >= 15 is 0 Å². The van der Waals surface area contributed by atoms with E-state index in [1.165, 1.54) is 0 Å². The van der Waals surface area contributed by atoms with Gasteiger partial charge in [0.05, 0.1) is 22.0 Å². The molecule has 1 saturated heterocycles. The molecule has 1 aliphatic rings. The Balaban J connectivity index is 1.96. The second kappa shape index (κ2) is 5.42. The molecule has 1 aromatic heterocycles. The molecule has 1 unspecified atom stereocenters. The zero-order valence-corrected chi connectivity index (χ0v) is 13.1. The molecular formula is C14H18N2O2S2. The Morgan fingerprint density at radius 1 is 1.40 bits per heavy atom. The summed E-state index contributed by atoms with van der Waals surface area (Å²) in [6.07, 6.45) is 2.46. The third-order valence-electron chi connectivity index (χ3n) is 3.62. The molecule has 2 aromatic rings. The molecule has 0 aliphatic carbocycles. The van der Waals surface area contributed by atoms with Gasteiger partial charge in [-0.25, -0.2) is 13.4 Å². The summed E-state index contributed by atoms with van der Waals surface area (Å²) in [7, 11) is -3.14. The molecule has 3 rings (SSSR count). The molecule has 4 nitrogen and oxygen atoms in total. The van der Waals surface area contributed by atoms with Gasteiger partial charge in [-0.3, -0.25) is 0 Å². The van der Waals surface area contributed by atoms with Gasteiger partial charge in [0.15, 0.2) is 0 Å². The fraction of sp³-hybridized carbons (Fsp3) is 0.500. The van der Waals surface area contributed by atoms with E-state index in [1.54, 1.807) is 15.6 Å². The number of aromatic nitrogens is 1. The van der Waals surface area contributed by atoms with Crippen molar-refractivity contribution < 1.29 is 8.42 Å². The second-order valence-electron chi connectivity index (χ2n) is 5.10. The van der Waals surface area contributed by atoms with Crippen molar-refractivity contribution in [3.05, 3.63) is 29.3 Å². The predicted molar refractivity (Wildman–Crippen MR) is 82.4 cm³/mol. The standard InChI is InChI=1S/C14H18N2O2S2/c1-2-10-20(17,18)16-9-5-7-12(16)14-15-11-6-3-4-8-13(11)19-14/h3-4,6,8,12H,2,5,7,9-10H2,1H3. The van der Waals surface area contributed by atoms with Gasteiger partial charge in [-0.05, 0) is 31.4 Å². The summed E-state index contributed by atoms with van der Waals surface area (Å²) < 4.78 is 27.5. The highest BCUT2D eigenvalue weighted by Gasteiger charge is 2.36. The van der Waals surface area contributed by atoms with Crippen molar-refractivity contribution in [2.24, 2.45) is 0 Å². The Hall–Kier alpha value is -0.980. The van der Waals surface area contributed by atoms with Crippen molar-refractivity contribution in [3.8, 4) is 0 Å². The highest BCUT2D eigenvalue weighted by molar-refractivity contribution is 7.89. The third kappa shape index (κ3) is 2.47. The van der Waals surface area contributed by atoms with Gasteiger partial charge in [-0.15, -0.1) is 11.3 Å². The maximum absolute atomic E-state index is 12.3. The molecular weight excluding hydrogens is 292 g/mol. The van der Waals surface area contributed by atoms with Gasteiger partial charge >= 0.3 is 0 Å². The lowest BCUT2D eigenvalue weighted by Crippen LogP contribution is -2.32. The minimum absolute atomic E-state index is 0.0658. The van der Waals surface area contributed by atoms with Crippen LogP contribution >= 0.6 is 11.3 Å². The van der Waals surface area contributed by atoms with Gasteiger partial charge in [0.25, 0.3) is 0 Å². The van der Waals surface area contributed by atoms with Gasteiger partial charge in [-0.2, -0.15) is 4.31 Å². The highest BCUT2D eigenvalue weighted by atomic mass is 32.2. The molecule has 0 radical (unpaired) electrons. The first-order valence-corrected chi connectivity index (χ1v) is 9.39. The van der Waals surface area contributed by atoms with Crippen LogP contribution in [0, 0.1) is 0 Å². The van der Waals surface area contributed by atoms with Gasteiger partial charge in [-0.1, -0.05) is 19.1 Å². The summed E-state index contributed by atoms with van der Waals surface area (Å²) in [5.74, 6) is 0.231. The fourth-order valence-corrected chi connectivity index (χ4v) is 5.66. The van der Waals surface area contributed by atoms with Crippen molar-refractivity contribution in [1.29, 1.82) is 0 Å². The molecule has 6 heteroatoms. The van der Waals surface area contributed by atoms with Crippen molar-refractivity contribution in [1.82, 2.24) is 9.29 Å². The first-order chi connectivity index (χ1) is 9.62. The topological polar surface area (TPSA) is 50.3 Å². The van der Waals surface area contributed by atoms with E-state index in [0.717, 1.165) is 28.1 Å². The van der Waals surface area contributed by atoms with Gasteiger partial charge in [0, 0.05) is 6.54 Å². The number of hydrogen-bond acceptors (Lipinski definition) is 4. The highest BCUT2D eigenvalue weighted by Crippen LogP contribution is 2.38. The summed E-state index contributed by atoms with van der Waals surface area (Å²) in [6.45, 7) is 2.53. The van der Waals surface area contributed by atoms with Crippen LogP contribution in [0.1, 0.15) is 37.2 Å². The monoisotopic (exact) mass is 310 g/mol. The summed E-state index contributed by atoms with van der Waals surface area (Å²) >= 11 is 1.62. The summed E-state index contributed by atoms with van der Waals surface area (Å²) in [4.78, 5) is 4.63. The number of para-hydroxylation sites is 1. The molecule has 0 spiro atoms. The van der Waals surface area contributed by atoms with E-state index in [0.29, 0.717) is 13.0 Å². The molecule has 1 aromatic carbocycles. The molecule has 20 heavy (non-hydrogen) atoms. The molecule has 0 amide bonds. The van der Waals surface area contributed by atoms with Crippen molar-refractivity contribution in [2.45, 2.75) is 32.2 Å². The first kappa shape index (κ1) is 14.0. The van der Waals surface area contributed by atoms with E-state index in [4.69, 9.17) is 0 Å². The Labute approximate surface area is 123 Å². The number of thiazole rings is 1. The number of hydrogen-bond donors (Lipinski definition) is 0. The molecule has 0 saturated carbocycles. The fourth-order valence-electron chi connectivity index (χ4n) is 2.73. The number of sulfonamides is 1. The average Bonchev–Trinajstić information content (AvgIpc) is 3.05. The minimum Gasteiger partial charge on any atom is -0.239 e. The SMILES string of the molecule is CCCS(=O)(=O)N1CCCC1c1nc2ccccc2s1. The molecule has 1 fully saturated rings. The van der Waals surface area contributed by atoms with Gasteiger partial charge in [0.1, 0.15) is 5.01 Å².